The van der Waals surface area contributed by atoms with Crippen molar-refractivity contribution >= 4 is 22.8 Å². The summed E-state index contributed by atoms with van der Waals surface area (Å²) < 4.78 is 6.76. The first-order chi connectivity index (χ1) is 10.4. The van der Waals surface area contributed by atoms with Crippen molar-refractivity contribution in [1.82, 2.24) is 9.88 Å². The lowest BCUT2D eigenvalue weighted by Crippen LogP contribution is -2.42. The van der Waals surface area contributed by atoms with Gasteiger partial charge in [0.2, 0.25) is 0 Å². The Kier molecular flexibility index (Phi) is 4.85. The Labute approximate surface area is 130 Å². The maximum atomic E-state index is 12.4. The van der Waals surface area contributed by atoms with E-state index in [0.29, 0.717) is 12.0 Å². The Morgan fingerprint density at radius 2 is 2.00 bits per heavy atom. The molecule has 0 bridgehead atoms. The summed E-state index contributed by atoms with van der Waals surface area (Å²) in [5.74, 6) is -0.398. The Morgan fingerprint density at radius 1 is 1.27 bits per heavy atom. The summed E-state index contributed by atoms with van der Waals surface area (Å²) in [6, 6.07) is 6.83. The lowest BCUT2D eigenvalue weighted by Gasteiger charge is -2.18. The minimum atomic E-state index is -0.621. The zero-order valence-corrected chi connectivity index (χ0v) is 13.4. The highest BCUT2D eigenvalue weighted by molar-refractivity contribution is 5.99. The van der Waals surface area contributed by atoms with E-state index >= 15 is 0 Å². The molecule has 1 unspecified atom stereocenters. The molecule has 0 radical (unpaired) electrons. The van der Waals surface area contributed by atoms with Gasteiger partial charge in [-0.3, -0.25) is 4.79 Å². The first kappa shape index (κ1) is 16.1. The maximum Gasteiger partial charge on any atom is 0.328 e. The summed E-state index contributed by atoms with van der Waals surface area (Å²) in [5.41, 5.74) is 1.60. The Morgan fingerprint density at radius 3 is 2.64 bits per heavy atom. The number of nitrogens with one attached hydrogen (secondary N) is 1. The smallest absolute Gasteiger partial charge is 0.328 e. The van der Waals surface area contributed by atoms with Crippen LogP contribution in [0.3, 0.4) is 0 Å². The molecule has 0 saturated heterocycles. The van der Waals surface area contributed by atoms with Crippen molar-refractivity contribution in [2.24, 2.45) is 13.0 Å². The molecule has 1 heterocycles. The van der Waals surface area contributed by atoms with Crippen LogP contribution in [-0.4, -0.2) is 29.6 Å². The number of aromatic nitrogens is 1. The number of benzene rings is 1. The van der Waals surface area contributed by atoms with E-state index in [1.807, 2.05) is 49.9 Å². The van der Waals surface area contributed by atoms with Gasteiger partial charge >= 0.3 is 5.97 Å². The number of fused-ring (bicyclic) bond motifs is 1. The van der Waals surface area contributed by atoms with Gasteiger partial charge in [-0.1, -0.05) is 13.8 Å². The number of hydrogen-bond acceptors (Lipinski definition) is 3. The maximum absolute atomic E-state index is 12.4. The van der Waals surface area contributed by atoms with Crippen molar-refractivity contribution < 1.29 is 14.3 Å². The van der Waals surface area contributed by atoms with Crippen molar-refractivity contribution in [3.05, 3.63) is 36.0 Å². The topological polar surface area (TPSA) is 60.3 Å². The molecule has 1 aromatic carbocycles. The molecule has 1 amide bonds. The van der Waals surface area contributed by atoms with Crippen LogP contribution in [-0.2, 0) is 16.6 Å². The molecule has 0 aliphatic rings. The highest BCUT2D eigenvalue weighted by Crippen LogP contribution is 2.17. The van der Waals surface area contributed by atoms with E-state index in [0.717, 1.165) is 10.9 Å². The van der Waals surface area contributed by atoms with Crippen molar-refractivity contribution in [2.45, 2.75) is 26.3 Å². The highest BCUT2D eigenvalue weighted by Gasteiger charge is 2.23. The molecule has 0 fully saturated rings. The van der Waals surface area contributed by atoms with E-state index in [2.05, 4.69) is 5.32 Å². The number of carbonyl (C=O) groups is 2. The average Bonchev–Trinajstić information content (AvgIpc) is 2.86. The van der Waals surface area contributed by atoms with Crippen LogP contribution in [0.4, 0.5) is 0 Å². The lowest BCUT2D eigenvalue weighted by atomic mass is 10.0. The van der Waals surface area contributed by atoms with Gasteiger partial charge in [0.25, 0.3) is 5.91 Å². The van der Waals surface area contributed by atoms with Crippen LogP contribution in [0.25, 0.3) is 10.9 Å². The van der Waals surface area contributed by atoms with Gasteiger partial charge in [0.05, 0.1) is 7.11 Å². The Bertz CT molecular complexity index is 688. The number of rotatable bonds is 5. The quantitative estimate of drug-likeness (QED) is 0.863. The van der Waals surface area contributed by atoms with E-state index in [4.69, 9.17) is 4.74 Å². The summed E-state index contributed by atoms with van der Waals surface area (Å²) in [6.45, 7) is 4.00. The highest BCUT2D eigenvalue weighted by atomic mass is 16.5. The molecule has 0 saturated carbocycles. The van der Waals surface area contributed by atoms with Crippen LogP contribution >= 0.6 is 0 Å². The summed E-state index contributed by atoms with van der Waals surface area (Å²) in [6.07, 6.45) is 2.49. The first-order valence-corrected chi connectivity index (χ1v) is 7.36. The van der Waals surface area contributed by atoms with Gasteiger partial charge in [-0.15, -0.1) is 0 Å². The zero-order valence-electron chi connectivity index (χ0n) is 13.4. The normalized spacial score (nSPS) is 12.4. The molecule has 5 heteroatoms. The summed E-state index contributed by atoms with van der Waals surface area (Å²) in [4.78, 5) is 24.2. The van der Waals surface area contributed by atoms with Gasteiger partial charge in [0.1, 0.15) is 6.04 Å². The molecular formula is C17H22N2O3. The lowest BCUT2D eigenvalue weighted by molar-refractivity contribution is -0.143. The van der Waals surface area contributed by atoms with Crippen LogP contribution in [0.2, 0.25) is 0 Å². The molecule has 22 heavy (non-hydrogen) atoms. The number of hydrogen-bond donors (Lipinski definition) is 1. The van der Waals surface area contributed by atoms with Gasteiger partial charge in [0.15, 0.2) is 0 Å². The minimum absolute atomic E-state index is 0.262. The largest absolute Gasteiger partial charge is 0.467 e. The fourth-order valence-electron chi connectivity index (χ4n) is 2.49. The number of methoxy groups -OCH3 is 1. The second-order valence-electron chi connectivity index (χ2n) is 5.88. The molecule has 1 atom stereocenters. The summed E-state index contributed by atoms with van der Waals surface area (Å²) >= 11 is 0. The third kappa shape index (κ3) is 3.47. The van der Waals surface area contributed by atoms with Crippen LogP contribution < -0.4 is 5.32 Å². The van der Waals surface area contributed by atoms with E-state index < -0.39 is 12.0 Å². The predicted octanol–water partition coefficient (Wildman–Crippen LogP) is 2.50. The van der Waals surface area contributed by atoms with Crippen LogP contribution in [0.5, 0.6) is 0 Å². The number of esters is 1. The van der Waals surface area contributed by atoms with Gasteiger partial charge in [-0.25, -0.2) is 4.79 Å². The Balaban J connectivity index is 2.18. The number of carbonyl (C=O) groups excluding carboxylic acids is 2. The second kappa shape index (κ2) is 6.64. The minimum Gasteiger partial charge on any atom is -0.467 e. The molecule has 1 aromatic heterocycles. The van der Waals surface area contributed by atoms with Crippen molar-refractivity contribution in [3.63, 3.8) is 0 Å². The van der Waals surface area contributed by atoms with Crippen LogP contribution in [0, 0.1) is 5.92 Å². The number of amides is 1. The van der Waals surface area contributed by atoms with Crippen molar-refractivity contribution in [2.75, 3.05) is 7.11 Å². The average molecular weight is 302 g/mol. The number of ether oxygens (including phenoxy) is 1. The zero-order chi connectivity index (χ0) is 16.3. The molecule has 118 valence electrons. The molecule has 0 spiro atoms. The van der Waals surface area contributed by atoms with Gasteiger partial charge in [-0.2, -0.15) is 0 Å². The molecular weight excluding hydrogens is 280 g/mol. The van der Waals surface area contributed by atoms with Crippen molar-refractivity contribution in [1.29, 1.82) is 0 Å². The summed E-state index contributed by atoms with van der Waals surface area (Å²) in [5, 5.41) is 3.76. The molecule has 1 N–H and O–H groups in total. The molecule has 0 aliphatic heterocycles. The SMILES string of the molecule is COC(=O)C(CC(C)C)NC(=O)c1ccc2c(ccn2C)c1. The second-order valence-corrected chi connectivity index (χ2v) is 5.88. The molecule has 2 rings (SSSR count). The molecule has 0 aliphatic carbocycles. The van der Waals surface area contributed by atoms with Gasteiger partial charge < -0.3 is 14.6 Å². The fraction of sp³-hybridized carbons (Fsp3) is 0.412. The van der Waals surface area contributed by atoms with E-state index in [-0.39, 0.29) is 11.8 Å². The van der Waals surface area contributed by atoms with Crippen LogP contribution in [0.1, 0.15) is 30.6 Å². The predicted molar refractivity (Wildman–Crippen MR) is 85.6 cm³/mol. The molecule has 5 nitrogen and oxygen atoms in total. The van der Waals surface area contributed by atoms with E-state index in [9.17, 15) is 9.59 Å². The number of nitrogens with zero attached hydrogens (tertiary/aromatic N) is 1. The number of aryl methyl sites for hydroxylation is 1. The third-order valence-corrected chi connectivity index (χ3v) is 3.65. The molecule has 2 aromatic rings. The monoisotopic (exact) mass is 302 g/mol. The Hall–Kier alpha value is -2.30. The summed E-state index contributed by atoms with van der Waals surface area (Å²) in [7, 11) is 3.29. The first-order valence-electron chi connectivity index (χ1n) is 7.36. The standard InChI is InChI=1S/C17H22N2O3/c1-11(2)9-14(17(21)22-4)18-16(20)13-5-6-15-12(10-13)7-8-19(15)3/h5-8,10-11,14H,9H2,1-4H3,(H,18,20). The van der Waals surface area contributed by atoms with Crippen LogP contribution in [0.15, 0.2) is 30.5 Å². The fourth-order valence-corrected chi connectivity index (χ4v) is 2.49. The third-order valence-electron chi connectivity index (χ3n) is 3.65. The van der Waals surface area contributed by atoms with E-state index in [1.165, 1.54) is 7.11 Å². The van der Waals surface area contributed by atoms with Gasteiger partial charge in [-0.05, 0) is 36.6 Å². The van der Waals surface area contributed by atoms with Gasteiger partial charge in [0, 0.05) is 29.7 Å². The van der Waals surface area contributed by atoms with E-state index in [1.54, 1.807) is 6.07 Å². The van der Waals surface area contributed by atoms with Crippen molar-refractivity contribution in [3.8, 4) is 0 Å².